The standard InChI is InChI=1S/C30H41N5O3/c1-2-22-19-31-30(32-20-22)35-15-11-23(12-16-35)21-38-28-9-7-25(8-10-28)24-3-5-26(6-4-24)29(36)34-17-13-27(33-37)14-18-34/h3,7-10,19-20,22-23,26-27,30H,2,4-6,11-18,21H2,1H3. The summed E-state index contributed by atoms with van der Waals surface area (Å²) in [6, 6.07) is 8.31. The third-order valence-corrected chi connectivity index (χ3v) is 8.67. The molecule has 3 aliphatic heterocycles. The van der Waals surface area contributed by atoms with E-state index in [-0.39, 0.29) is 24.2 Å². The first-order valence-electron chi connectivity index (χ1n) is 14.5. The number of nitrogens with zero attached hydrogens (tertiary/aromatic N) is 5. The summed E-state index contributed by atoms with van der Waals surface area (Å²) in [5.41, 5.74) is 2.53. The monoisotopic (exact) mass is 519 g/mol. The highest BCUT2D eigenvalue weighted by molar-refractivity contribution is 5.85. The van der Waals surface area contributed by atoms with Crippen molar-refractivity contribution in [2.75, 3.05) is 32.8 Å². The van der Waals surface area contributed by atoms with E-state index in [9.17, 15) is 9.70 Å². The lowest BCUT2D eigenvalue weighted by molar-refractivity contribution is -0.136. The van der Waals surface area contributed by atoms with E-state index in [1.807, 2.05) is 4.90 Å². The van der Waals surface area contributed by atoms with Crippen molar-refractivity contribution in [2.45, 2.75) is 70.6 Å². The molecule has 1 aromatic carbocycles. The van der Waals surface area contributed by atoms with Gasteiger partial charge in [-0.15, -0.1) is 0 Å². The number of nitroso groups, excluding NO2 is 1. The van der Waals surface area contributed by atoms with Crippen LogP contribution in [0, 0.1) is 22.7 Å². The Balaban J connectivity index is 1.04. The number of carbonyl (C=O) groups is 1. The van der Waals surface area contributed by atoms with Gasteiger partial charge in [-0.25, -0.2) is 0 Å². The Hall–Kier alpha value is -2.87. The Kier molecular flexibility index (Phi) is 8.99. The highest BCUT2D eigenvalue weighted by atomic mass is 16.5. The third-order valence-electron chi connectivity index (χ3n) is 8.67. The van der Waals surface area contributed by atoms with E-state index in [4.69, 9.17) is 4.74 Å². The van der Waals surface area contributed by atoms with Crippen LogP contribution in [-0.4, -0.2) is 73.3 Å². The molecule has 0 bridgehead atoms. The Labute approximate surface area is 226 Å². The second-order valence-corrected chi connectivity index (χ2v) is 11.2. The van der Waals surface area contributed by atoms with Gasteiger partial charge in [-0.3, -0.25) is 19.7 Å². The van der Waals surface area contributed by atoms with E-state index in [0.29, 0.717) is 37.8 Å². The molecule has 38 heavy (non-hydrogen) atoms. The van der Waals surface area contributed by atoms with Crippen LogP contribution < -0.4 is 4.74 Å². The van der Waals surface area contributed by atoms with Gasteiger partial charge in [-0.05, 0) is 80.6 Å². The summed E-state index contributed by atoms with van der Waals surface area (Å²) in [4.78, 5) is 37.2. The van der Waals surface area contributed by atoms with Crippen molar-refractivity contribution in [3.8, 4) is 5.75 Å². The molecular formula is C30H41N5O3. The van der Waals surface area contributed by atoms with Crippen molar-refractivity contribution in [2.24, 2.45) is 32.9 Å². The van der Waals surface area contributed by atoms with Gasteiger partial charge in [0.2, 0.25) is 5.91 Å². The quantitative estimate of drug-likeness (QED) is 0.443. The molecule has 3 heterocycles. The van der Waals surface area contributed by atoms with E-state index in [0.717, 1.165) is 64.0 Å². The Bertz CT molecular complexity index is 1020. The van der Waals surface area contributed by atoms with E-state index < -0.39 is 0 Å². The molecule has 8 heteroatoms. The topological polar surface area (TPSA) is 86.9 Å². The normalized spacial score (nSPS) is 27.2. The van der Waals surface area contributed by atoms with Crippen LogP contribution in [-0.2, 0) is 4.79 Å². The second kappa shape index (κ2) is 12.8. The number of rotatable bonds is 8. The number of allylic oxidation sites excluding steroid dienone is 2. The molecule has 0 spiro atoms. The zero-order chi connectivity index (χ0) is 26.3. The second-order valence-electron chi connectivity index (χ2n) is 11.2. The molecule has 5 rings (SSSR count). The summed E-state index contributed by atoms with van der Waals surface area (Å²) in [5, 5.41) is 3.15. The molecule has 2 saturated heterocycles. The van der Waals surface area contributed by atoms with Crippen LogP contribution >= 0.6 is 0 Å². The van der Waals surface area contributed by atoms with Gasteiger partial charge >= 0.3 is 0 Å². The molecule has 204 valence electrons. The lowest BCUT2D eigenvalue weighted by Crippen LogP contribution is -2.42. The minimum absolute atomic E-state index is 0.0341. The summed E-state index contributed by atoms with van der Waals surface area (Å²) in [6.45, 7) is 6.24. The lowest BCUT2D eigenvalue weighted by Gasteiger charge is -2.34. The Morgan fingerprint density at radius 2 is 1.71 bits per heavy atom. The lowest BCUT2D eigenvalue weighted by atomic mass is 9.85. The smallest absolute Gasteiger partial charge is 0.226 e. The molecule has 0 saturated carbocycles. The minimum atomic E-state index is -0.123. The van der Waals surface area contributed by atoms with Crippen molar-refractivity contribution in [1.82, 2.24) is 9.80 Å². The average molecular weight is 520 g/mol. The van der Waals surface area contributed by atoms with Gasteiger partial charge in [0, 0.05) is 50.4 Å². The van der Waals surface area contributed by atoms with Crippen molar-refractivity contribution >= 4 is 23.9 Å². The molecule has 8 nitrogen and oxygen atoms in total. The molecule has 4 aliphatic rings. The molecule has 1 atom stereocenters. The molecule has 0 aromatic heterocycles. The maximum atomic E-state index is 12.9. The first-order chi connectivity index (χ1) is 18.6. The van der Waals surface area contributed by atoms with Gasteiger partial charge in [0.05, 0.1) is 12.6 Å². The highest BCUT2D eigenvalue weighted by Crippen LogP contribution is 2.33. The van der Waals surface area contributed by atoms with Crippen LogP contribution in [0.4, 0.5) is 0 Å². The number of aliphatic imine (C=N–C) groups is 2. The fraction of sp³-hybridized carbons (Fsp3) is 0.633. The first kappa shape index (κ1) is 26.7. The number of amides is 1. The maximum Gasteiger partial charge on any atom is 0.226 e. The maximum absolute atomic E-state index is 12.9. The van der Waals surface area contributed by atoms with Gasteiger partial charge in [0.25, 0.3) is 0 Å². The van der Waals surface area contributed by atoms with Crippen molar-refractivity contribution < 1.29 is 9.53 Å². The number of hydrogen-bond donors (Lipinski definition) is 0. The van der Waals surface area contributed by atoms with Crippen LogP contribution in [0.2, 0.25) is 0 Å². The summed E-state index contributed by atoms with van der Waals surface area (Å²) < 4.78 is 6.15. The zero-order valence-corrected chi connectivity index (χ0v) is 22.6. The number of hydrogen-bond acceptors (Lipinski definition) is 7. The largest absolute Gasteiger partial charge is 0.493 e. The predicted octanol–water partition coefficient (Wildman–Crippen LogP) is 5.18. The number of likely N-dealkylation sites (tertiary alicyclic amines) is 2. The van der Waals surface area contributed by atoms with Gasteiger partial charge in [-0.2, -0.15) is 4.91 Å². The van der Waals surface area contributed by atoms with Crippen LogP contribution in [0.3, 0.4) is 0 Å². The summed E-state index contributed by atoms with van der Waals surface area (Å²) >= 11 is 0. The van der Waals surface area contributed by atoms with E-state index in [2.05, 4.69) is 69.8 Å². The molecule has 2 fully saturated rings. The predicted molar refractivity (Wildman–Crippen MR) is 152 cm³/mol. The molecular weight excluding hydrogens is 478 g/mol. The van der Waals surface area contributed by atoms with Crippen molar-refractivity contribution in [3.63, 3.8) is 0 Å². The minimum Gasteiger partial charge on any atom is -0.493 e. The Morgan fingerprint density at radius 3 is 2.32 bits per heavy atom. The van der Waals surface area contributed by atoms with E-state index >= 15 is 0 Å². The van der Waals surface area contributed by atoms with E-state index in [1.54, 1.807) is 0 Å². The number of benzene rings is 1. The summed E-state index contributed by atoms with van der Waals surface area (Å²) in [5.74, 6) is 2.16. The molecule has 0 radical (unpaired) electrons. The number of ether oxygens (including phenoxy) is 1. The number of carbonyl (C=O) groups excluding carboxylic acids is 1. The van der Waals surface area contributed by atoms with Gasteiger partial charge < -0.3 is 9.64 Å². The SMILES string of the molecule is CCC1C=NC(N2CCC(COc3ccc(C4=CCC(C(=O)N5CCC(N=O)CC5)CC4)cc3)CC2)N=C1. The average Bonchev–Trinajstić information content (AvgIpc) is 3.00. The molecule has 0 N–H and O–H groups in total. The van der Waals surface area contributed by atoms with Crippen molar-refractivity contribution in [1.29, 1.82) is 0 Å². The van der Waals surface area contributed by atoms with E-state index in [1.165, 1.54) is 11.1 Å². The summed E-state index contributed by atoms with van der Waals surface area (Å²) in [7, 11) is 0. The molecule has 1 aromatic rings. The van der Waals surface area contributed by atoms with Crippen molar-refractivity contribution in [3.05, 3.63) is 40.8 Å². The molecule has 1 amide bonds. The van der Waals surface area contributed by atoms with Crippen LogP contribution in [0.1, 0.15) is 63.9 Å². The highest BCUT2D eigenvalue weighted by Gasteiger charge is 2.30. The summed E-state index contributed by atoms with van der Waals surface area (Å²) in [6.07, 6.45) is 13.5. The van der Waals surface area contributed by atoms with Gasteiger partial charge in [0.15, 0.2) is 6.29 Å². The van der Waals surface area contributed by atoms with Gasteiger partial charge in [-0.1, -0.05) is 30.3 Å². The van der Waals surface area contributed by atoms with Crippen LogP contribution in [0.25, 0.3) is 5.57 Å². The molecule has 1 aliphatic carbocycles. The van der Waals surface area contributed by atoms with Crippen LogP contribution in [0.5, 0.6) is 5.75 Å². The number of piperidine rings is 2. The zero-order valence-electron chi connectivity index (χ0n) is 22.6. The van der Waals surface area contributed by atoms with Crippen LogP contribution in [0.15, 0.2) is 45.5 Å². The fourth-order valence-electron chi connectivity index (χ4n) is 5.95. The van der Waals surface area contributed by atoms with Gasteiger partial charge in [0.1, 0.15) is 5.75 Å². The fourth-order valence-corrected chi connectivity index (χ4v) is 5.95. The first-order valence-corrected chi connectivity index (χ1v) is 14.5. The Morgan fingerprint density at radius 1 is 1.00 bits per heavy atom. The molecule has 1 unspecified atom stereocenters. The third kappa shape index (κ3) is 6.57.